The van der Waals surface area contributed by atoms with Crippen LogP contribution in [0.15, 0.2) is 12.4 Å². The molecule has 21 heavy (non-hydrogen) atoms. The minimum Gasteiger partial charge on any atom is -0.384 e. The van der Waals surface area contributed by atoms with Crippen LogP contribution in [0, 0.1) is 23.7 Å². The molecule has 0 atom stereocenters. The highest BCUT2D eigenvalue weighted by Crippen LogP contribution is 2.29. The SMILES string of the molecule is CCc1cnc(N(C)C[C@H]2CC[C@H](C#CCO)CC2)nc1. The molecule has 0 spiro atoms. The summed E-state index contributed by atoms with van der Waals surface area (Å²) in [5.74, 6) is 7.91. The van der Waals surface area contributed by atoms with Gasteiger partial charge in [-0.1, -0.05) is 18.8 Å². The fourth-order valence-corrected chi connectivity index (χ4v) is 2.88. The average Bonchev–Trinajstić information content (AvgIpc) is 2.54. The lowest BCUT2D eigenvalue weighted by Crippen LogP contribution is -2.29. The predicted octanol–water partition coefficient (Wildman–Crippen LogP) is 2.28. The molecule has 0 bridgehead atoms. The third-order valence-corrected chi connectivity index (χ3v) is 4.21. The maximum absolute atomic E-state index is 8.74. The van der Waals surface area contributed by atoms with E-state index in [-0.39, 0.29) is 6.61 Å². The van der Waals surface area contributed by atoms with E-state index >= 15 is 0 Å². The van der Waals surface area contributed by atoms with Gasteiger partial charge < -0.3 is 10.0 Å². The summed E-state index contributed by atoms with van der Waals surface area (Å²) in [6.45, 7) is 3.10. The van der Waals surface area contributed by atoms with Crippen molar-refractivity contribution >= 4 is 5.95 Å². The molecular formula is C17H25N3O. The number of aromatic nitrogens is 2. The number of aliphatic hydroxyl groups excluding tert-OH is 1. The molecule has 114 valence electrons. The van der Waals surface area contributed by atoms with E-state index in [1.165, 1.54) is 18.4 Å². The zero-order valence-electron chi connectivity index (χ0n) is 13.0. The van der Waals surface area contributed by atoms with Crippen LogP contribution in [0.1, 0.15) is 38.2 Å². The summed E-state index contributed by atoms with van der Waals surface area (Å²) < 4.78 is 0. The standard InChI is InChI=1S/C17H25N3O/c1-3-14-11-18-17(19-12-14)20(2)13-16-8-6-15(7-9-16)5-4-10-21/h11-12,15-16,21H,3,6-10,13H2,1-2H3/t15-,16-. The second-order valence-electron chi connectivity index (χ2n) is 5.82. The van der Waals surface area contributed by atoms with Crippen molar-refractivity contribution in [1.82, 2.24) is 9.97 Å². The predicted molar refractivity (Wildman–Crippen MR) is 85.0 cm³/mol. The molecule has 0 radical (unpaired) electrons. The van der Waals surface area contributed by atoms with E-state index in [0.29, 0.717) is 11.8 Å². The Morgan fingerprint density at radius 1 is 1.24 bits per heavy atom. The first-order chi connectivity index (χ1) is 10.2. The van der Waals surface area contributed by atoms with Crippen LogP contribution in [-0.4, -0.2) is 35.3 Å². The second-order valence-corrected chi connectivity index (χ2v) is 5.82. The van der Waals surface area contributed by atoms with Gasteiger partial charge in [-0.15, -0.1) is 0 Å². The van der Waals surface area contributed by atoms with Gasteiger partial charge in [0.25, 0.3) is 0 Å². The number of hydrogen-bond donors (Lipinski definition) is 1. The third-order valence-electron chi connectivity index (χ3n) is 4.21. The van der Waals surface area contributed by atoms with Gasteiger partial charge in [-0.25, -0.2) is 9.97 Å². The van der Waals surface area contributed by atoms with Crippen molar-refractivity contribution in [2.24, 2.45) is 11.8 Å². The molecule has 1 heterocycles. The Hall–Kier alpha value is -1.60. The van der Waals surface area contributed by atoms with Crippen molar-refractivity contribution in [3.8, 4) is 11.8 Å². The smallest absolute Gasteiger partial charge is 0.224 e. The Kier molecular flexibility index (Phi) is 6.01. The highest BCUT2D eigenvalue weighted by Gasteiger charge is 2.21. The number of hydrogen-bond acceptors (Lipinski definition) is 4. The van der Waals surface area contributed by atoms with Gasteiger partial charge in [0, 0.05) is 31.9 Å². The Morgan fingerprint density at radius 3 is 2.48 bits per heavy atom. The number of rotatable bonds is 4. The summed E-state index contributed by atoms with van der Waals surface area (Å²) in [5, 5.41) is 8.74. The molecule has 1 N–H and O–H groups in total. The van der Waals surface area contributed by atoms with E-state index in [9.17, 15) is 0 Å². The molecule has 4 nitrogen and oxygen atoms in total. The van der Waals surface area contributed by atoms with E-state index in [4.69, 9.17) is 5.11 Å². The lowest BCUT2D eigenvalue weighted by Gasteiger charge is -2.29. The second kappa shape index (κ2) is 7.99. The van der Waals surface area contributed by atoms with Gasteiger partial charge in [0.1, 0.15) is 6.61 Å². The topological polar surface area (TPSA) is 49.2 Å². The molecule has 0 unspecified atom stereocenters. The van der Waals surface area contributed by atoms with Crippen molar-refractivity contribution in [2.45, 2.75) is 39.0 Å². The molecule has 1 aromatic heterocycles. The minimum atomic E-state index is -0.0201. The summed E-state index contributed by atoms with van der Waals surface area (Å²) in [6, 6.07) is 0. The van der Waals surface area contributed by atoms with E-state index < -0.39 is 0 Å². The molecule has 1 aromatic rings. The van der Waals surface area contributed by atoms with Crippen LogP contribution in [-0.2, 0) is 6.42 Å². The van der Waals surface area contributed by atoms with Gasteiger partial charge in [-0.2, -0.15) is 0 Å². The van der Waals surface area contributed by atoms with E-state index in [0.717, 1.165) is 31.8 Å². The molecule has 0 aliphatic heterocycles. The fourth-order valence-electron chi connectivity index (χ4n) is 2.88. The Morgan fingerprint density at radius 2 is 1.90 bits per heavy atom. The third kappa shape index (κ3) is 4.71. The minimum absolute atomic E-state index is 0.0201. The molecule has 2 rings (SSSR count). The van der Waals surface area contributed by atoms with Crippen LogP contribution in [0.5, 0.6) is 0 Å². The summed E-state index contributed by atoms with van der Waals surface area (Å²) in [6.07, 6.45) is 9.48. The first kappa shape index (κ1) is 15.8. The molecule has 1 saturated carbocycles. The van der Waals surface area contributed by atoms with Crippen LogP contribution >= 0.6 is 0 Å². The van der Waals surface area contributed by atoms with Crippen molar-refractivity contribution in [2.75, 3.05) is 25.1 Å². The first-order valence-corrected chi connectivity index (χ1v) is 7.84. The van der Waals surface area contributed by atoms with Crippen molar-refractivity contribution < 1.29 is 5.11 Å². The summed E-state index contributed by atoms with van der Waals surface area (Å²) in [7, 11) is 2.07. The maximum Gasteiger partial charge on any atom is 0.224 e. The first-order valence-electron chi connectivity index (χ1n) is 7.84. The molecule has 4 heteroatoms. The number of anilines is 1. The molecule has 1 aliphatic carbocycles. The average molecular weight is 287 g/mol. The molecule has 1 aliphatic rings. The molecule has 0 saturated heterocycles. The van der Waals surface area contributed by atoms with Gasteiger partial charge in [-0.05, 0) is 43.6 Å². The number of nitrogens with zero attached hydrogens (tertiary/aromatic N) is 3. The van der Waals surface area contributed by atoms with Crippen LogP contribution in [0.25, 0.3) is 0 Å². The molecular weight excluding hydrogens is 262 g/mol. The Bertz CT molecular complexity index is 481. The zero-order chi connectivity index (χ0) is 15.1. The van der Waals surface area contributed by atoms with Crippen molar-refractivity contribution in [3.05, 3.63) is 18.0 Å². The summed E-state index contributed by atoms with van der Waals surface area (Å²) in [4.78, 5) is 11.0. The largest absolute Gasteiger partial charge is 0.384 e. The highest BCUT2D eigenvalue weighted by molar-refractivity contribution is 5.28. The van der Waals surface area contributed by atoms with E-state index in [1.54, 1.807) is 0 Å². The number of aliphatic hydroxyl groups is 1. The zero-order valence-corrected chi connectivity index (χ0v) is 13.0. The fraction of sp³-hybridized carbons (Fsp3) is 0.647. The lowest BCUT2D eigenvalue weighted by molar-refractivity contribution is 0.318. The van der Waals surface area contributed by atoms with Crippen molar-refractivity contribution in [1.29, 1.82) is 0 Å². The molecule has 0 aromatic carbocycles. The van der Waals surface area contributed by atoms with Crippen molar-refractivity contribution in [3.63, 3.8) is 0 Å². The quantitative estimate of drug-likeness (QED) is 0.863. The monoisotopic (exact) mass is 287 g/mol. The normalized spacial score (nSPS) is 21.5. The number of aryl methyl sites for hydroxylation is 1. The van der Waals surface area contributed by atoms with Crippen LogP contribution < -0.4 is 4.90 Å². The van der Waals surface area contributed by atoms with Crippen LogP contribution in [0.2, 0.25) is 0 Å². The van der Waals surface area contributed by atoms with Gasteiger partial charge in [0.15, 0.2) is 0 Å². The van der Waals surface area contributed by atoms with Gasteiger partial charge in [0.05, 0.1) is 0 Å². The van der Waals surface area contributed by atoms with Gasteiger partial charge in [-0.3, -0.25) is 0 Å². The summed E-state index contributed by atoms with van der Waals surface area (Å²) in [5.41, 5.74) is 1.18. The van der Waals surface area contributed by atoms with Gasteiger partial charge in [0.2, 0.25) is 5.95 Å². The Labute approximate surface area is 127 Å². The van der Waals surface area contributed by atoms with E-state index in [2.05, 4.69) is 40.7 Å². The van der Waals surface area contributed by atoms with Gasteiger partial charge >= 0.3 is 0 Å². The van der Waals surface area contributed by atoms with E-state index in [1.807, 2.05) is 12.4 Å². The lowest BCUT2D eigenvalue weighted by atomic mass is 9.82. The highest BCUT2D eigenvalue weighted by atomic mass is 16.2. The van der Waals surface area contributed by atoms with Crippen LogP contribution in [0.4, 0.5) is 5.95 Å². The molecule has 1 fully saturated rings. The molecule has 0 amide bonds. The maximum atomic E-state index is 8.74. The van der Waals surface area contributed by atoms with Crippen LogP contribution in [0.3, 0.4) is 0 Å². The summed E-state index contributed by atoms with van der Waals surface area (Å²) >= 11 is 0. The Balaban J connectivity index is 1.82.